The molecule has 0 aliphatic rings. The van der Waals surface area contributed by atoms with Gasteiger partial charge < -0.3 is 9.84 Å². The van der Waals surface area contributed by atoms with Crippen LogP contribution in [0.2, 0.25) is 0 Å². The van der Waals surface area contributed by atoms with Crippen LogP contribution in [0, 0.1) is 27.7 Å². The number of carbonyl (C=O) groups is 1. The second-order valence-electron chi connectivity index (χ2n) is 9.30. The number of carboxylic acid groups (broad SMARTS) is 1. The molecule has 0 unspecified atom stereocenters. The molecule has 1 aromatic heterocycles. The van der Waals surface area contributed by atoms with E-state index in [0.717, 1.165) is 26.7 Å². The van der Waals surface area contributed by atoms with E-state index in [1.165, 1.54) is 36.9 Å². The summed E-state index contributed by atoms with van der Waals surface area (Å²) in [6.07, 6.45) is -0.653. The quantitative estimate of drug-likeness (QED) is 0.226. The van der Waals surface area contributed by atoms with Crippen molar-refractivity contribution in [3.8, 4) is 16.9 Å². The predicted molar refractivity (Wildman–Crippen MR) is 154 cm³/mol. The van der Waals surface area contributed by atoms with Crippen molar-refractivity contribution in [3.63, 3.8) is 0 Å². The first kappa shape index (κ1) is 24.5. The molecule has 5 rings (SSSR count). The van der Waals surface area contributed by atoms with Crippen LogP contribution in [0.5, 0.6) is 5.75 Å². The Kier molecular flexibility index (Phi) is 6.62. The summed E-state index contributed by atoms with van der Waals surface area (Å²) < 4.78 is 8.54. The second-order valence-corrected chi connectivity index (χ2v) is 11.3. The molecule has 0 aliphatic heterocycles. The van der Waals surface area contributed by atoms with Gasteiger partial charge in [0.15, 0.2) is 6.10 Å². The first-order valence-corrected chi connectivity index (χ1v) is 13.5. The molecular formula is C31H27BrO3S. The lowest BCUT2D eigenvalue weighted by molar-refractivity contribution is -0.145. The van der Waals surface area contributed by atoms with Gasteiger partial charge in [-0.3, -0.25) is 0 Å². The number of hydrogen-bond acceptors (Lipinski definition) is 3. The van der Waals surface area contributed by atoms with E-state index in [9.17, 15) is 9.90 Å². The molecule has 0 aliphatic carbocycles. The summed E-state index contributed by atoms with van der Waals surface area (Å²) in [5.74, 6) is -0.329. The highest BCUT2D eigenvalue weighted by atomic mass is 79.9. The van der Waals surface area contributed by atoms with E-state index in [1.807, 2.05) is 55.5 Å². The Balaban J connectivity index is 1.64. The molecule has 4 aromatic carbocycles. The van der Waals surface area contributed by atoms with Crippen LogP contribution in [0.4, 0.5) is 0 Å². The van der Waals surface area contributed by atoms with Crippen LogP contribution < -0.4 is 4.74 Å². The number of aliphatic carboxylic acids is 1. The summed E-state index contributed by atoms with van der Waals surface area (Å²) in [4.78, 5) is 13.4. The number of thiophene rings is 1. The molecule has 0 saturated carbocycles. The van der Waals surface area contributed by atoms with Gasteiger partial charge in [-0.25, -0.2) is 4.79 Å². The summed E-state index contributed by atoms with van der Waals surface area (Å²) >= 11 is 5.70. The Morgan fingerprint density at radius 3 is 2.19 bits per heavy atom. The summed E-state index contributed by atoms with van der Waals surface area (Å²) in [6.45, 7) is 8.36. The fraction of sp³-hybridized carbons (Fsp3) is 0.194. The third kappa shape index (κ3) is 4.31. The lowest BCUT2D eigenvalue weighted by Crippen LogP contribution is -2.30. The number of halogens is 1. The first-order chi connectivity index (χ1) is 17.3. The van der Waals surface area contributed by atoms with Crippen LogP contribution in [0.25, 0.3) is 32.0 Å². The van der Waals surface area contributed by atoms with Gasteiger partial charge in [-0.15, -0.1) is 11.3 Å². The van der Waals surface area contributed by atoms with Crippen molar-refractivity contribution in [2.24, 2.45) is 0 Å². The van der Waals surface area contributed by atoms with Gasteiger partial charge in [0.2, 0.25) is 0 Å². The van der Waals surface area contributed by atoms with Crippen LogP contribution >= 0.6 is 27.3 Å². The number of ether oxygens (including phenoxy) is 1. The van der Waals surface area contributed by atoms with E-state index in [1.54, 1.807) is 0 Å². The monoisotopic (exact) mass is 558 g/mol. The second kappa shape index (κ2) is 9.72. The molecule has 0 spiro atoms. The Labute approximate surface area is 223 Å². The van der Waals surface area contributed by atoms with Crippen LogP contribution in [-0.4, -0.2) is 17.2 Å². The lowest BCUT2D eigenvalue weighted by Gasteiger charge is -2.20. The molecular weight excluding hydrogens is 532 g/mol. The van der Waals surface area contributed by atoms with Crippen molar-refractivity contribution in [3.05, 3.63) is 98.3 Å². The number of carboxylic acids is 1. The van der Waals surface area contributed by atoms with Gasteiger partial charge in [0.25, 0.3) is 0 Å². The third-order valence-electron chi connectivity index (χ3n) is 6.82. The fourth-order valence-corrected chi connectivity index (χ4v) is 6.87. The molecule has 1 atom stereocenters. The van der Waals surface area contributed by atoms with Gasteiger partial charge in [0.1, 0.15) is 5.75 Å². The maximum absolute atomic E-state index is 12.1. The highest BCUT2D eigenvalue weighted by Crippen LogP contribution is 2.47. The topological polar surface area (TPSA) is 46.5 Å². The molecule has 182 valence electrons. The minimum absolute atomic E-state index is 0.308. The molecule has 0 saturated heterocycles. The zero-order valence-corrected chi connectivity index (χ0v) is 23.1. The molecule has 5 aromatic rings. The third-order valence-corrected chi connectivity index (χ3v) is 9.13. The van der Waals surface area contributed by atoms with Crippen LogP contribution in [0.3, 0.4) is 0 Å². The zero-order chi connectivity index (χ0) is 25.6. The average Bonchev–Trinajstić information content (AvgIpc) is 3.16. The Bertz CT molecular complexity index is 1600. The van der Waals surface area contributed by atoms with E-state index in [2.05, 4.69) is 66.2 Å². The number of benzene rings is 4. The van der Waals surface area contributed by atoms with Crippen molar-refractivity contribution in [2.45, 2.75) is 40.2 Å². The summed E-state index contributed by atoms with van der Waals surface area (Å²) in [6, 6.07) is 22.4. The SMILES string of the molecule is Cc1cc(-c2c3ccccc3c(Br)c3sc(C)c(C)c23)cc(C)c1O[C@@H](Cc1ccccc1)C(=O)O. The van der Waals surface area contributed by atoms with E-state index in [4.69, 9.17) is 4.74 Å². The highest BCUT2D eigenvalue weighted by molar-refractivity contribution is 9.11. The number of fused-ring (bicyclic) bond motifs is 2. The van der Waals surface area contributed by atoms with Crippen LogP contribution in [-0.2, 0) is 11.2 Å². The van der Waals surface area contributed by atoms with E-state index in [0.29, 0.717) is 12.2 Å². The van der Waals surface area contributed by atoms with Crippen molar-refractivity contribution >= 4 is 54.1 Å². The van der Waals surface area contributed by atoms with Gasteiger partial charge in [0.05, 0.1) is 4.70 Å². The van der Waals surface area contributed by atoms with Gasteiger partial charge in [-0.05, 0) is 99.9 Å². The van der Waals surface area contributed by atoms with Crippen molar-refractivity contribution in [1.29, 1.82) is 0 Å². The Morgan fingerprint density at radius 2 is 1.56 bits per heavy atom. The molecule has 0 amide bonds. The normalized spacial score (nSPS) is 12.2. The number of hydrogen-bond donors (Lipinski definition) is 1. The Hall–Kier alpha value is -3.15. The molecule has 36 heavy (non-hydrogen) atoms. The Morgan fingerprint density at radius 1 is 0.944 bits per heavy atom. The molecule has 3 nitrogen and oxygen atoms in total. The molecule has 0 radical (unpaired) electrons. The van der Waals surface area contributed by atoms with Crippen molar-refractivity contribution in [2.75, 3.05) is 0 Å². The summed E-state index contributed by atoms with van der Waals surface area (Å²) in [7, 11) is 0. The highest BCUT2D eigenvalue weighted by Gasteiger charge is 2.24. The maximum atomic E-state index is 12.1. The minimum atomic E-state index is -0.966. The molecule has 1 N–H and O–H groups in total. The number of aryl methyl sites for hydroxylation is 4. The van der Waals surface area contributed by atoms with Crippen molar-refractivity contribution < 1.29 is 14.6 Å². The minimum Gasteiger partial charge on any atom is -0.478 e. The van der Waals surface area contributed by atoms with Gasteiger partial charge >= 0.3 is 5.97 Å². The largest absolute Gasteiger partial charge is 0.478 e. The smallest absolute Gasteiger partial charge is 0.345 e. The van der Waals surface area contributed by atoms with Gasteiger partial charge in [0, 0.05) is 21.2 Å². The maximum Gasteiger partial charge on any atom is 0.345 e. The summed E-state index contributed by atoms with van der Waals surface area (Å²) in [5.41, 5.74) is 6.40. The summed E-state index contributed by atoms with van der Waals surface area (Å²) in [5, 5.41) is 13.5. The van der Waals surface area contributed by atoms with Gasteiger partial charge in [-0.1, -0.05) is 54.6 Å². The number of rotatable bonds is 6. The molecule has 0 bridgehead atoms. The van der Waals surface area contributed by atoms with Crippen LogP contribution in [0.1, 0.15) is 27.1 Å². The van der Waals surface area contributed by atoms with Gasteiger partial charge in [-0.2, -0.15) is 0 Å². The zero-order valence-electron chi connectivity index (χ0n) is 20.7. The van der Waals surface area contributed by atoms with E-state index in [-0.39, 0.29) is 0 Å². The predicted octanol–water partition coefficient (Wildman–Crippen LogP) is 8.79. The molecule has 0 fully saturated rings. The van der Waals surface area contributed by atoms with Crippen molar-refractivity contribution in [1.82, 2.24) is 0 Å². The van der Waals surface area contributed by atoms with E-state index < -0.39 is 12.1 Å². The first-order valence-electron chi connectivity index (χ1n) is 11.9. The molecule has 5 heteroatoms. The lowest BCUT2D eigenvalue weighted by atomic mass is 9.91. The van der Waals surface area contributed by atoms with Crippen LogP contribution in [0.15, 0.2) is 71.2 Å². The fourth-order valence-electron chi connectivity index (χ4n) is 4.96. The van der Waals surface area contributed by atoms with E-state index >= 15 is 0 Å². The molecule has 1 heterocycles. The standard InChI is InChI=1S/C31H27BrO3S/c1-17-14-22(15-18(2)29(17)35-25(31(33)34)16-21-10-6-5-7-11-21)27-23-12-8-9-13-24(23)28(32)30-26(27)19(3)20(4)36-30/h5-15,25H,16H2,1-4H3,(H,33,34)/t25-/m0/s1. The average molecular weight is 560 g/mol.